The molecule has 0 aromatic carbocycles. The number of nitrogens with zero attached hydrogens (tertiary/aromatic N) is 1. The standard InChI is InChI=1S/C13H23N3O2/c1-2-11-13(18)15-12(17)9-16(11)8-4-6-10-5-3-7-14-10/h10-11,14H,2-9H2,1H3,(H,15,17,18). The van der Waals surface area contributed by atoms with Gasteiger partial charge in [-0.15, -0.1) is 0 Å². The van der Waals surface area contributed by atoms with E-state index >= 15 is 0 Å². The molecule has 2 unspecified atom stereocenters. The van der Waals surface area contributed by atoms with Crippen molar-refractivity contribution in [2.24, 2.45) is 0 Å². The molecule has 5 heteroatoms. The van der Waals surface area contributed by atoms with Gasteiger partial charge in [-0.25, -0.2) is 0 Å². The van der Waals surface area contributed by atoms with Crippen LogP contribution < -0.4 is 10.6 Å². The van der Waals surface area contributed by atoms with Crippen LogP contribution >= 0.6 is 0 Å². The van der Waals surface area contributed by atoms with Gasteiger partial charge in [-0.05, 0) is 45.2 Å². The topological polar surface area (TPSA) is 61.4 Å². The van der Waals surface area contributed by atoms with Gasteiger partial charge in [-0.1, -0.05) is 6.92 Å². The van der Waals surface area contributed by atoms with E-state index in [1.165, 1.54) is 12.8 Å². The van der Waals surface area contributed by atoms with Gasteiger partial charge in [-0.2, -0.15) is 0 Å². The van der Waals surface area contributed by atoms with Crippen LogP contribution in [0.25, 0.3) is 0 Å². The molecule has 0 bridgehead atoms. The van der Waals surface area contributed by atoms with E-state index in [0.29, 0.717) is 12.6 Å². The maximum absolute atomic E-state index is 11.7. The van der Waals surface area contributed by atoms with Gasteiger partial charge in [0.05, 0.1) is 12.6 Å². The largest absolute Gasteiger partial charge is 0.314 e. The van der Waals surface area contributed by atoms with Crippen molar-refractivity contribution in [1.29, 1.82) is 0 Å². The molecule has 2 heterocycles. The van der Waals surface area contributed by atoms with Crippen molar-refractivity contribution in [3.8, 4) is 0 Å². The predicted octanol–water partition coefficient (Wildman–Crippen LogP) is 0.256. The highest BCUT2D eigenvalue weighted by atomic mass is 16.2. The van der Waals surface area contributed by atoms with Gasteiger partial charge >= 0.3 is 0 Å². The molecule has 0 aromatic heterocycles. The van der Waals surface area contributed by atoms with Gasteiger partial charge in [0, 0.05) is 6.04 Å². The highest BCUT2D eigenvalue weighted by Crippen LogP contribution is 2.14. The van der Waals surface area contributed by atoms with E-state index in [1.54, 1.807) is 0 Å². The minimum atomic E-state index is -0.163. The third-order valence-electron chi connectivity index (χ3n) is 3.90. The van der Waals surface area contributed by atoms with Crippen LogP contribution in [-0.4, -0.2) is 48.4 Å². The van der Waals surface area contributed by atoms with Gasteiger partial charge in [0.2, 0.25) is 11.8 Å². The zero-order valence-corrected chi connectivity index (χ0v) is 11.1. The van der Waals surface area contributed by atoms with Crippen molar-refractivity contribution in [2.75, 3.05) is 19.6 Å². The lowest BCUT2D eigenvalue weighted by atomic mass is 10.1. The van der Waals surface area contributed by atoms with Gasteiger partial charge in [0.15, 0.2) is 0 Å². The van der Waals surface area contributed by atoms with Gasteiger partial charge in [-0.3, -0.25) is 19.8 Å². The summed E-state index contributed by atoms with van der Waals surface area (Å²) in [6.07, 6.45) is 5.49. The summed E-state index contributed by atoms with van der Waals surface area (Å²) >= 11 is 0. The second-order valence-electron chi connectivity index (χ2n) is 5.24. The molecule has 0 saturated carbocycles. The number of amides is 2. The third kappa shape index (κ3) is 3.29. The van der Waals surface area contributed by atoms with Crippen LogP contribution in [0.1, 0.15) is 39.0 Å². The fourth-order valence-corrected chi connectivity index (χ4v) is 2.94. The molecule has 2 rings (SSSR count). The van der Waals surface area contributed by atoms with Gasteiger partial charge < -0.3 is 5.32 Å². The number of carbonyl (C=O) groups is 2. The molecule has 2 aliphatic heterocycles. The number of piperazine rings is 1. The van der Waals surface area contributed by atoms with Crippen molar-refractivity contribution >= 4 is 11.8 Å². The Labute approximate surface area is 108 Å². The van der Waals surface area contributed by atoms with Crippen LogP contribution in [-0.2, 0) is 9.59 Å². The monoisotopic (exact) mass is 253 g/mol. The quantitative estimate of drug-likeness (QED) is 0.690. The van der Waals surface area contributed by atoms with Gasteiger partial charge in [0.1, 0.15) is 0 Å². The molecule has 0 radical (unpaired) electrons. The first-order valence-electron chi connectivity index (χ1n) is 7.02. The summed E-state index contributed by atoms with van der Waals surface area (Å²) in [6.45, 7) is 4.33. The Hall–Kier alpha value is -0.940. The van der Waals surface area contributed by atoms with Crippen LogP contribution in [0.3, 0.4) is 0 Å². The summed E-state index contributed by atoms with van der Waals surface area (Å²) in [5, 5.41) is 5.88. The zero-order chi connectivity index (χ0) is 13.0. The minimum absolute atomic E-state index is 0.126. The number of hydrogen-bond donors (Lipinski definition) is 2. The summed E-state index contributed by atoms with van der Waals surface area (Å²) in [4.78, 5) is 25.1. The molecule has 2 saturated heterocycles. The lowest BCUT2D eigenvalue weighted by Crippen LogP contribution is -2.57. The maximum Gasteiger partial charge on any atom is 0.243 e. The van der Waals surface area contributed by atoms with E-state index < -0.39 is 0 Å². The first kappa shape index (κ1) is 13.5. The molecule has 2 N–H and O–H groups in total. The van der Waals surface area contributed by atoms with Crippen molar-refractivity contribution in [3.05, 3.63) is 0 Å². The molecule has 0 aliphatic carbocycles. The Morgan fingerprint density at radius 1 is 1.39 bits per heavy atom. The number of imide groups is 1. The Bertz CT molecular complexity index is 313. The summed E-state index contributed by atoms with van der Waals surface area (Å²) < 4.78 is 0. The van der Waals surface area contributed by atoms with Crippen molar-refractivity contribution in [3.63, 3.8) is 0 Å². The Balaban J connectivity index is 1.78. The van der Waals surface area contributed by atoms with E-state index in [2.05, 4.69) is 10.6 Å². The lowest BCUT2D eigenvalue weighted by molar-refractivity contribution is -0.140. The van der Waals surface area contributed by atoms with E-state index in [4.69, 9.17) is 0 Å². The SMILES string of the molecule is CCC1C(=O)NC(=O)CN1CCCC1CCCN1. The molecule has 102 valence electrons. The van der Waals surface area contributed by atoms with Crippen LogP contribution in [0.5, 0.6) is 0 Å². The average molecular weight is 253 g/mol. The zero-order valence-electron chi connectivity index (χ0n) is 11.1. The van der Waals surface area contributed by atoms with Crippen molar-refractivity contribution in [2.45, 2.75) is 51.1 Å². The molecule has 18 heavy (non-hydrogen) atoms. The van der Waals surface area contributed by atoms with Crippen LogP contribution in [0, 0.1) is 0 Å². The number of hydrogen-bond acceptors (Lipinski definition) is 4. The summed E-state index contributed by atoms with van der Waals surface area (Å²) in [6, 6.07) is 0.513. The molecular formula is C13H23N3O2. The Morgan fingerprint density at radius 2 is 2.22 bits per heavy atom. The van der Waals surface area contributed by atoms with E-state index in [9.17, 15) is 9.59 Å². The average Bonchev–Trinajstić information content (AvgIpc) is 2.81. The fourth-order valence-electron chi connectivity index (χ4n) is 2.94. The molecule has 2 fully saturated rings. The molecule has 2 aliphatic rings. The first-order chi connectivity index (χ1) is 8.70. The molecule has 5 nitrogen and oxygen atoms in total. The van der Waals surface area contributed by atoms with E-state index in [0.717, 1.165) is 32.4 Å². The molecule has 2 atom stereocenters. The van der Waals surface area contributed by atoms with Crippen LogP contribution in [0.4, 0.5) is 0 Å². The molecule has 0 spiro atoms. The minimum Gasteiger partial charge on any atom is -0.314 e. The molecule has 0 aromatic rings. The lowest BCUT2D eigenvalue weighted by Gasteiger charge is -2.33. The molecule has 2 amide bonds. The highest BCUT2D eigenvalue weighted by molar-refractivity contribution is 6.01. The Kier molecular flexibility index (Phi) is 4.72. The van der Waals surface area contributed by atoms with E-state index in [1.807, 2.05) is 11.8 Å². The second-order valence-corrected chi connectivity index (χ2v) is 5.24. The first-order valence-corrected chi connectivity index (χ1v) is 7.02. The normalized spacial score (nSPS) is 29.6. The summed E-state index contributed by atoms with van der Waals surface area (Å²) in [7, 11) is 0. The van der Waals surface area contributed by atoms with Crippen molar-refractivity contribution < 1.29 is 9.59 Å². The highest BCUT2D eigenvalue weighted by Gasteiger charge is 2.31. The second kappa shape index (κ2) is 6.29. The smallest absolute Gasteiger partial charge is 0.243 e. The predicted molar refractivity (Wildman–Crippen MR) is 69.1 cm³/mol. The Morgan fingerprint density at radius 3 is 2.89 bits per heavy atom. The van der Waals surface area contributed by atoms with Crippen molar-refractivity contribution in [1.82, 2.24) is 15.5 Å². The molecular weight excluding hydrogens is 230 g/mol. The van der Waals surface area contributed by atoms with Crippen LogP contribution in [0.2, 0.25) is 0 Å². The summed E-state index contributed by atoms with van der Waals surface area (Å²) in [5.74, 6) is -0.295. The fraction of sp³-hybridized carbons (Fsp3) is 0.846. The number of carbonyl (C=O) groups excluding carboxylic acids is 2. The maximum atomic E-state index is 11.7. The van der Waals surface area contributed by atoms with Gasteiger partial charge in [0.25, 0.3) is 0 Å². The third-order valence-corrected chi connectivity index (χ3v) is 3.90. The summed E-state index contributed by atoms with van der Waals surface area (Å²) in [5.41, 5.74) is 0. The number of rotatable bonds is 5. The van der Waals surface area contributed by atoms with Crippen LogP contribution in [0.15, 0.2) is 0 Å². The number of nitrogens with one attached hydrogen (secondary N) is 2. The van der Waals surface area contributed by atoms with E-state index in [-0.39, 0.29) is 17.9 Å².